The summed E-state index contributed by atoms with van der Waals surface area (Å²) in [7, 11) is 0. The molecule has 0 aliphatic heterocycles. The van der Waals surface area contributed by atoms with Gasteiger partial charge in [-0.3, -0.25) is 14.9 Å². The molecule has 19 heavy (non-hydrogen) atoms. The van der Waals surface area contributed by atoms with Crippen molar-refractivity contribution in [2.45, 2.75) is 19.1 Å². The second-order valence-corrected chi connectivity index (χ2v) is 5.01. The number of thioether (sulfide) groups is 1. The van der Waals surface area contributed by atoms with E-state index >= 15 is 0 Å². The standard InChI is InChI=1S/C11H13NO6S/c1-6(13)19-5-10(15)11(16)8-3-2-7(14)4-9(8)12(17)18/h2-4,10-11,14-16H,5H2,1H3. The minimum Gasteiger partial charge on any atom is -0.508 e. The number of nitro benzene ring substituents is 1. The molecule has 0 radical (unpaired) electrons. The Kier molecular flexibility index (Phi) is 5.28. The van der Waals surface area contributed by atoms with Crippen molar-refractivity contribution in [3.63, 3.8) is 0 Å². The Morgan fingerprint density at radius 1 is 1.47 bits per heavy atom. The van der Waals surface area contributed by atoms with Crippen molar-refractivity contribution in [3.05, 3.63) is 33.9 Å². The third-order valence-corrected chi connectivity index (χ3v) is 3.27. The Bertz CT molecular complexity index is 492. The molecule has 1 aromatic carbocycles. The van der Waals surface area contributed by atoms with Crippen LogP contribution < -0.4 is 0 Å². The molecule has 0 aliphatic carbocycles. The Hall–Kier alpha value is -1.64. The quantitative estimate of drug-likeness (QED) is 0.545. The van der Waals surface area contributed by atoms with Gasteiger partial charge in [0.15, 0.2) is 5.12 Å². The van der Waals surface area contributed by atoms with Gasteiger partial charge < -0.3 is 15.3 Å². The molecule has 2 atom stereocenters. The molecule has 0 saturated carbocycles. The number of nitrogens with zero attached hydrogens (tertiary/aromatic N) is 1. The molecule has 8 heteroatoms. The van der Waals surface area contributed by atoms with Crippen molar-refractivity contribution in [1.29, 1.82) is 0 Å². The van der Waals surface area contributed by atoms with Crippen molar-refractivity contribution in [3.8, 4) is 5.75 Å². The summed E-state index contributed by atoms with van der Waals surface area (Å²) < 4.78 is 0. The number of carbonyl (C=O) groups excluding carboxylic acids is 1. The van der Waals surface area contributed by atoms with Gasteiger partial charge >= 0.3 is 0 Å². The number of hydrogen-bond acceptors (Lipinski definition) is 7. The number of benzene rings is 1. The number of phenolic OH excluding ortho intramolecular Hbond substituents is 1. The van der Waals surface area contributed by atoms with Gasteiger partial charge in [-0.15, -0.1) is 0 Å². The van der Waals surface area contributed by atoms with Crippen LogP contribution in [-0.4, -0.2) is 37.2 Å². The van der Waals surface area contributed by atoms with Gasteiger partial charge in [0.1, 0.15) is 11.9 Å². The predicted octanol–water partition coefficient (Wildman–Crippen LogP) is 0.974. The molecule has 104 valence electrons. The molecule has 3 N–H and O–H groups in total. The third-order valence-electron chi connectivity index (χ3n) is 2.35. The van der Waals surface area contributed by atoms with Crippen molar-refractivity contribution in [2.24, 2.45) is 0 Å². The van der Waals surface area contributed by atoms with Crippen LogP contribution in [0.25, 0.3) is 0 Å². The molecule has 7 nitrogen and oxygen atoms in total. The molecule has 1 aromatic rings. The fourth-order valence-corrected chi connectivity index (χ4v) is 2.03. The summed E-state index contributed by atoms with van der Waals surface area (Å²) in [6.07, 6.45) is -2.83. The molecule has 0 aromatic heterocycles. The molecule has 0 bridgehead atoms. The number of nitro groups is 1. The van der Waals surface area contributed by atoms with Gasteiger partial charge in [-0.1, -0.05) is 11.8 Å². The van der Waals surface area contributed by atoms with E-state index in [0.717, 1.165) is 17.8 Å². The van der Waals surface area contributed by atoms with Gasteiger partial charge in [0.25, 0.3) is 5.69 Å². The van der Waals surface area contributed by atoms with Crippen LogP contribution in [-0.2, 0) is 4.79 Å². The van der Waals surface area contributed by atoms with Crippen molar-refractivity contribution in [1.82, 2.24) is 0 Å². The topological polar surface area (TPSA) is 121 Å². The molecular formula is C11H13NO6S. The molecule has 0 spiro atoms. The molecule has 1 rings (SSSR count). The number of aromatic hydroxyl groups is 1. The van der Waals surface area contributed by atoms with Crippen molar-refractivity contribution >= 4 is 22.6 Å². The van der Waals surface area contributed by atoms with Crippen molar-refractivity contribution in [2.75, 3.05) is 5.75 Å². The van der Waals surface area contributed by atoms with E-state index in [0.29, 0.717) is 0 Å². The highest BCUT2D eigenvalue weighted by atomic mass is 32.2. The summed E-state index contributed by atoms with van der Waals surface area (Å²) in [6.45, 7) is 1.31. The minimum atomic E-state index is -1.51. The Labute approximate surface area is 113 Å². The summed E-state index contributed by atoms with van der Waals surface area (Å²) in [5.74, 6) is -0.385. The van der Waals surface area contributed by atoms with Crippen LogP contribution >= 0.6 is 11.8 Å². The maximum atomic E-state index is 10.8. The number of hydrogen-bond donors (Lipinski definition) is 3. The lowest BCUT2D eigenvalue weighted by Crippen LogP contribution is -2.22. The lowest BCUT2D eigenvalue weighted by Gasteiger charge is -2.17. The second kappa shape index (κ2) is 6.50. The molecule has 2 unspecified atom stereocenters. The van der Waals surface area contributed by atoms with E-state index in [1.807, 2.05) is 0 Å². The predicted molar refractivity (Wildman–Crippen MR) is 68.9 cm³/mol. The summed E-state index contributed by atoms with van der Waals surface area (Å²) in [5, 5.41) is 39.3. The number of rotatable bonds is 5. The van der Waals surface area contributed by atoms with Gasteiger partial charge in [0, 0.05) is 12.7 Å². The Morgan fingerprint density at radius 2 is 2.11 bits per heavy atom. The zero-order valence-corrected chi connectivity index (χ0v) is 10.8. The summed E-state index contributed by atoms with van der Waals surface area (Å²) in [4.78, 5) is 20.8. The molecule has 0 heterocycles. The molecule has 0 aliphatic rings. The first-order valence-electron chi connectivity index (χ1n) is 5.29. The second-order valence-electron chi connectivity index (χ2n) is 3.81. The summed E-state index contributed by atoms with van der Waals surface area (Å²) >= 11 is 0.812. The fourth-order valence-electron chi connectivity index (χ4n) is 1.44. The smallest absolute Gasteiger partial charge is 0.278 e. The number of carbonyl (C=O) groups is 1. The lowest BCUT2D eigenvalue weighted by atomic mass is 10.0. The minimum absolute atomic E-state index is 0.0749. The van der Waals surface area contributed by atoms with Crippen LogP contribution in [0.4, 0.5) is 5.69 Å². The van der Waals surface area contributed by atoms with Crippen LogP contribution in [0.15, 0.2) is 18.2 Å². The first-order chi connectivity index (χ1) is 8.82. The van der Waals surface area contributed by atoms with Crippen LogP contribution in [0.3, 0.4) is 0 Å². The van der Waals surface area contributed by atoms with Gasteiger partial charge in [0.05, 0.1) is 22.7 Å². The summed E-state index contributed by atoms with van der Waals surface area (Å²) in [6, 6.07) is 3.24. The zero-order valence-electron chi connectivity index (χ0n) is 10.0. The Balaban J connectivity index is 2.95. The fraction of sp³-hybridized carbons (Fsp3) is 0.364. The largest absolute Gasteiger partial charge is 0.508 e. The van der Waals surface area contributed by atoms with Crippen LogP contribution in [0.1, 0.15) is 18.6 Å². The summed E-state index contributed by atoms with van der Waals surface area (Å²) in [5.41, 5.74) is -0.598. The molecular weight excluding hydrogens is 274 g/mol. The first-order valence-corrected chi connectivity index (χ1v) is 6.28. The van der Waals surface area contributed by atoms with Crippen LogP contribution in [0.5, 0.6) is 5.75 Å². The normalized spacial score (nSPS) is 13.8. The SMILES string of the molecule is CC(=O)SCC(O)C(O)c1ccc(O)cc1[N+](=O)[O-]. The Morgan fingerprint density at radius 3 is 2.63 bits per heavy atom. The maximum Gasteiger partial charge on any atom is 0.278 e. The van der Waals surface area contributed by atoms with Crippen LogP contribution in [0, 0.1) is 10.1 Å². The lowest BCUT2D eigenvalue weighted by molar-refractivity contribution is -0.386. The molecule has 0 saturated heterocycles. The number of aliphatic hydroxyl groups excluding tert-OH is 2. The number of aliphatic hydroxyl groups is 2. The van der Waals surface area contributed by atoms with E-state index < -0.39 is 22.8 Å². The van der Waals surface area contributed by atoms with Gasteiger partial charge in [0.2, 0.25) is 0 Å². The van der Waals surface area contributed by atoms with E-state index in [2.05, 4.69) is 0 Å². The first kappa shape index (κ1) is 15.4. The van der Waals surface area contributed by atoms with Crippen LogP contribution in [0.2, 0.25) is 0 Å². The van der Waals surface area contributed by atoms with Gasteiger partial charge in [-0.05, 0) is 12.1 Å². The third kappa shape index (κ3) is 4.19. The van der Waals surface area contributed by atoms with Crippen molar-refractivity contribution < 1.29 is 25.0 Å². The van der Waals surface area contributed by atoms with Gasteiger partial charge in [-0.25, -0.2) is 0 Å². The highest BCUT2D eigenvalue weighted by molar-refractivity contribution is 8.13. The highest BCUT2D eigenvalue weighted by Gasteiger charge is 2.27. The van der Waals surface area contributed by atoms with Gasteiger partial charge in [-0.2, -0.15) is 0 Å². The average molecular weight is 287 g/mol. The molecule has 0 fully saturated rings. The average Bonchev–Trinajstić information content (AvgIpc) is 2.34. The monoisotopic (exact) mass is 287 g/mol. The maximum absolute atomic E-state index is 10.8. The zero-order chi connectivity index (χ0) is 14.6. The van der Waals surface area contributed by atoms with E-state index in [1.165, 1.54) is 19.1 Å². The van der Waals surface area contributed by atoms with E-state index in [-0.39, 0.29) is 22.2 Å². The van der Waals surface area contributed by atoms with E-state index in [4.69, 9.17) is 0 Å². The van der Waals surface area contributed by atoms with E-state index in [9.17, 15) is 30.2 Å². The highest BCUT2D eigenvalue weighted by Crippen LogP contribution is 2.31. The van der Waals surface area contributed by atoms with E-state index in [1.54, 1.807) is 0 Å². The number of phenols is 1. The molecule has 0 amide bonds.